The monoisotopic (exact) mass is 330 g/mol. The van der Waals surface area contributed by atoms with Crippen molar-refractivity contribution >= 4 is 11.9 Å². The number of rotatable bonds is 4. The van der Waals surface area contributed by atoms with Crippen molar-refractivity contribution in [2.24, 2.45) is 5.41 Å². The van der Waals surface area contributed by atoms with E-state index in [1.807, 2.05) is 19.1 Å². The van der Waals surface area contributed by atoms with Gasteiger partial charge in [0.25, 0.3) is 0 Å². The first kappa shape index (κ1) is 18.0. The van der Waals surface area contributed by atoms with Crippen LogP contribution >= 0.6 is 0 Å². The predicted molar refractivity (Wildman–Crippen MR) is 88.2 cm³/mol. The lowest BCUT2D eigenvalue weighted by Crippen LogP contribution is -2.43. The number of carbonyl (C=O) groups is 2. The minimum Gasteiger partial charge on any atom is -0.465 e. The van der Waals surface area contributed by atoms with Crippen molar-refractivity contribution in [3.63, 3.8) is 0 Å². The normalized spacial score (nSPS) is 14.3. The molecule has 0 atom stereocenters. The Bertz CT molecular complexity index is 690. The van der Waals surface area contributed by atoms with Crippen LogP contribution in [0, 0.1) is 24.2 Å². The van der Waals surface area contributed by atoms with E-state index in [0.29, 0.717) is 0 Å². The van der Waals surface area contributed by atoms with Crippen LogP contribution in [0.25, 0.3) is 0 Å². The molecule has 2 rings (SSSR count). The molecule has 1 aliphatic rings. The minimum absolute atomic E-state index is 0.211. The molecule has 5 nitrogen and oxygen atoms in total. The first-order valence-corrected chi connectivity index (χ1v) is 8.05. The van der Waals surface area contributed by atoms with Crippen LogP contribution in [0.1, 0.15) is 36.1 Å². The highest BCUT2D eigenvalue weighted by molar-refractivity contribution is 6.01. The Morgan fingerprint density at radius 3 is 2.17 bits per heavy atom. The lowest BCUT2D eigenvalue weighted by atomic mass is 9.84. The summed E-state index contributed by atoms with van der Waals surface area (Å²) in [5, 5.41) is 8.86. The van der Waals surface area contributed by atoms with E-state index in [1.165, 1.54) is 0 Å². The van der Waals surface area contributed by atoms with E-state index in [0.717, 1.165) is 22.3 Å². The van der Waals surface area contributed by atoms with Gasteiger partial charge in [0.15, 0.2) is 5.41 Å². The number of hydrogen-bond donors (Lipinski definition) is 1. The summed E-state index contributed by atoms with van der Waals surface area (Å²) < 4.78 is 10.3. The number of ether oxygens (including phenoxy) is 2. The molecule has 0 spiro atoms. The van der Waals surface area contributed by atoms with Crippen LogP contribution in [0.2, 0.25) is 0 Å². The number of esters is 2. The highest BCUT2D eigenvalue weighted by Gasteiger charge is 2.53. The van der Waals surface area contributed by atoms with Crippen LogP contribution < -0.4 is 0 Å². The summed E-state index contributed by atoms with van der Waals surface area (Å²) in [5.74, 6) is 4.44. The average molecular weight is 330 g/mol. The zero-order valence-corrected chi connectivity index (χ0v) is 14.3. The molecule has 0 fully saturated rings. The molecule has 1 N–H and O–H groups in total. The highest BCUT2D eigenvalue weighted by Crippen LogP contribution is 2.40. The Morgan fingerprint density at radius 1 is 1.12 bits per heavy atom. The summed E-state index contributed by atoms with van der Waals surface area (Å²) in [6, 6.07) is 3.82. The van der Waals surface area contributed by atoms with Gasteiger partial charge in [-0.2, -0.15) is 0 Å². The third kappa shape index (κ3) is 3.29. The maximum Gasteiger partial charge on any atom is 0.324 e. The van der Waals surface area contributed by atoms with E-state index in [-0.39, 0.29) is 32.7 Å². The predicted octanol–water partition coefficient (Wildman–Crippen LogP) is 1.55. The first-order valence-electron chi connectivity index (χ1n) is 8.05. The van der Waals surface area contributed by atoms with Crippen LogP contribution in [0.15, 0.2) is 12.1 Å². The maximum atomic E-state index is 12.5. The Balaban J connectivity index is 2.43. The van der Waals surface area contributed by atoms with Crippen LogP contribution in [-0.4, -0.2) is 36.9 Å². The van der Waals surface area contributed by atoms with Gasteiger partial charge in [0.2, 0.25) is 0 Å². The lowest BCUT2D eigenvalue weighted by molar-refractivity contribution is -0.171. The van der Waals surface area contributed by atoms with Gasteiger partial charge in [-0.3, -0.25) is 9.59 Å². The van der Waals surface area contributed by atoms with Gasteiger partial charge in [0, 0.05) is 5.56 Å². The number of carbonyl (C=O) groups excluding carboxylic acids is 2. The van der Waals surface area contributed by atoms with E-state index in [2.05, 4.69) is 11.8 Å². The van der Waals surface area contributed by atoms with E-state index in [9.17, 15) is 9.59 Å². The van der Waals surface area contributed by atoms with E-state index < -0.39 is 17.4 Å². The molecule has 0 bridgehead atoms. The van der Waals surface area contributed by atoms with Gasteiger partial charge in [-0.15, -0.1) is 0 Å². The number of fused-ring (bicyclic) bond motifs is 1. The minimum atomic E-state index is -1.32. The van der Waals surface area contributed by atoms with E-state index in [1.54, 1.807) is 13.8 Å². The third-order valence-corrected chi connectivity index (χ3v) is 4.17. The summed E-state index contributed by atoms with van der Waals surface area (Å²) >= 11 is 0. The largest absolute Gasteiger partial charge is 0.465 e. The van der Waals surface area contributed by atoms with Crippen molar-refractivity contribution in [2.75, 3.05) is 19.8 Å². The van der Waals surface area contributed by atoms with Crippen molar-refractivity contribution in [1.82, 2.24) is 0 Å². The Labute approximate surface area is 142 Å². The Kier molecular flexibility index (Phi) is 5.63. The van der Waals surface area contributed by atoms with Crippen molar-refractivity contribution in [2.45, 2.75) is 33.6 Å². The number of hydrogen-bond acceptors (Lipinski definition) is 5. The number of aliphatic hydroxyl groups is 1. The van der Waals surface area contributed by atoms with E-state index >= 15 is 0 Å². The smallest absolute Gasteiger partial charge is 0.324 e. The van der Waals surface area contributed by atoms with Gasteiger partial charge >= 0.3 is 11.9 Å². The maximum absolute atomic E-state index is 12.5. The van der Waals surface area contributed by atoms with Crippen LogP contribution in [0.4, 0.5) is 0 Å². The molecule has 1 aromatic carbocycles. The summed E-state index contributed by atoms with van der Waals surface area (Å²) in [5.41, 5.74) is 2.24. The molecule has 0 radical (unpaired) electrons. The second kappa shape index (κ2) is 7.50. The second-order valence-electron chi connectivity index (χ2n) is 5.77. The standard InChI is InChI=1S/C19H22O5/c1-4-23-17(21)19(18(22)24-5-2)11-15-9-13(3)14(7-6-8-20)10-16(15)12-19/h9-10,20H,4-5,8,11-12H2,1-3H3. The summed E-state index contributed by atoms with van der Waals surface area (Å²) in [6.07, 6.45) is 0.517. The molecule has 0 aromatic heterocycles. The van der Waals surface area contributed by atoms with Gasteiger partial charge in [0.05, 0.1) is 13.2 Å². The number of benzene rings is 1. The summed E-state index contributed by atoms with van der Waals surface area (Å²) in [4.78, 5) is 25.0. The zero-order valence-electron chi connectivity index (χ0n) is 14.3. The topological polar surface area (TPSA) is 72.8 Å². The number of aryl methyl sites for hydroxylation is 1. The zero-order chi connectivity index (χ0) is 17.7. The first-order chi connectivity index (χ1) is 11.5. The van der Waals surface area contributed by atoms with Crippen LogP contribution in [-0.2, 0) is 31.9 Å². The SMILES string of the molecule is CCOC(=O)C1(C(=O)OCC)Cc2cc(C)c(C#CCO)cc2C1. The molecule has 128 valence electrons. The van der Waals surface area contributed by atoms with E-state index in [4.69, 9.17) is 14.6 Å². The molecule has 0 heterocycles. The van der Waals surface area contributed by atoms with Gasteiger partial charge < -0.3 is 14.6 Å². The lowest BCUT2D eigenvalue weighted by Gasteiger charge is -2.23. The van der Waals surface area contributed by atoms with Gasteiger partial charge in [-0.05, 0) is 56.4 Å². The fourth-order valence-corrected chi connectivity index (χ4v) is 3.03. The third-order valence-electron chi connectivity index (χ3n) is 4.17. The molecule has 1 aromatic rings. The van der Waals surface area contributed by atoms with Crippen LogP contribution in [0.5, 0.6) is 0 Å². The molecule has 0 amide bonds. The average Bonchev–Trinajstić information content (AvgIpc) is 2.92. The highest BCUT2D eigenvalue weighted by atomic mass is 16.6. The van der Waals surface area contributed by atoms with Crippen LogP contribution in [0.3, 0.4) is 0 Å². The van der Waals surface area contributed by atoms with Crippen molar-refractivity contribution < 1.29 is 24.2 Å². The van der Waals surface area contributed by atoms with Gasteiger partial charge in [0.1, 0.15) is 6.61 Å². The Morgan fingerprint density at radius 2 is 1.67 bits per heavy atom. The molecular formula is C19H22O5. The molecule has 1 aliphatic carbocycles. The van der Waals surface area contributed by atoms with Crippen molar-refractivity contribution in [1.29, 1.82) is 0 Å². The Hall–Kier alpha value is -2.32. The quantitative estimate of drug-likeness (QED) is 0.515. The van der Waals surface area contributed by atoms with Crippen molar-refractivity contribution in [3.8, 4) is 11.8 Å². The van der Waals surface area contributed by atoms with Gasteiger partial charge in [-0.1, -0.05) is 17.9 Å². The fourth-order valence-electron chi connectivity index (χ4n) is 3.03. The van der Waals surface area contributed by atoms with Crippen molar-refractivity contribution in [3.05, 3.63) is 34.4 Å². The number of aliphatic hydroxyl groups excluding tert-OH is 1. The fraction of sp³-hybridized carbons (Fsp3) is 0.474. The molecular weight excluding hydrogens is 308 g/mol. The second-order valence-corrected chi connectivity index (χ2v) is 5.77. The molecule has 0 aliphatic heterocycles. The molecule has 24 heavy (non-hydrogen) atoms. The molecule has 5 heteroatoms. The summed E-state index contributed by atoms with van der Waals surface area (Å²) in [7, 11) is 0. The molecule has 0 saturated carbocycles. The molecule has 0 unspecified atom stereocenters. The molecule has 0 saturated heterocycles. The summed E-state index contributed by atoms with van der Waals surface area (Å²) in [6.45, 7) is 5.55. The van der Waals surface area contributed by atoms with Gasteiger partial charge in [-0.25, -0.2) is 0 Å².